The van der Waals surface area contributed by atoms with Crippen molar-refractivity contribution in [2.24, 2.45) is 0 Å². The fourth-order valence-corrected chi connectivity index (χ4v) is 1.42. The molecule has 0 aliphatic rings. The summed E-state index contributed by atoms with van der Waals surface area (Å²) in [6, 6.07) is 0. The number of methoxy groups -OCH3 is 1. The van der Waals surface area contributed by atoms with Gasteiger partial charge in [0.05, 0.1) is 0 Å². The molecule has 0 unspecified atom stereocenters. The van der Waals surface area contributed by atoms with Crippen molar-refractivity contribution < 1.29 is 19.4 Å². The normalized spacial score (nSPS) is 9.79. The highest BCUT2D eigenvalue weighted by Gasteiger charge is 2.10. The molecule has 0 fully saturated rings. The molecule has 1 aromatic rings. The number of carboxylic acid groups (broad SMARTS) is 1. The molecule has 1 heterocycles. The first kappa shape index (κ1) is 10.6. The van der Waals surface area contributed by atoms with E-state index >= 15 is 0 Å². The first-order valence-electron chi connectivity index (χ1n) is 3.61. The highest BCUT2D eigenvalue weighted by atomic mass is 32.1. The number of anilines is 1. The second-order valence-electron chi connectivity index (χ2n) is 2.32. The summed E-state index contributed by atoms with van der Waals surface area (Å²) in [5, 5.41) is 12.5. The minimum atomic E-state index is -1.12. The first-order valence-corrected chi connectivity index (χ1v) is 4.49. The van der Waals surface area contributed by atoms with Crippen LogP contribution < -0.4 is 5.32 Å². The van der Waals surface area contributed by atoms with Gasteiger partial charge in [-0.25, -0.2) is 9.78 Å². The van der Waals surface area contributed by atoms with Gasteiger partial charge in [-0.05, 0) is 0 Å². The monoisotopic (exact) mass is 216 g/mol. The maximum atomic E-state index is 11.0. The van der Waals surface area contributed by atoms with Gasteiger partial charge in [0.25, 0.3) is 5.91 Å². The van der Waals surface area contributed by atoms with E-state index in [1.54, 1.807) is 0 Å². The largest absolute Gasteiger partial charge is 0.476 e. The fourth-order valence-electron chi connectivity index (χ4n) is 0.716. The Labute approximate surface area is 83.5 Å². The van der Waals surface area contributed by atoms with Gasteiger partial charge < -0.3 is 9.84 Å². The molecule has 0 aromatic carbocycles. The summed E-state index contributed by atoms with van der Waals surface area (Å²) in [4.78, 5) is 25.1. The van der Waals surface area contributed by atoms with Crippen LogP contribution in [-0.4, -0.2) is 35.7 Å². The zero-order valence-corrected chi connectivity index (χ0v) is 8.13. The summed E-state index contributed by atoms with van der Waals surface area (Å²) in [6.07, 6.45) is 0. The average Bonchev–Trinajstić information content (AvgIpc) is 2.53. The number of hydrogen-bond donors (Lipinski definition) is 2. The number of amides is 1. The standard InChI is InChI=1S/C7H8N2O4S/c1-13-2-5(10)9-7-8-4(3-14-7)6(11)12/h3H,2H2,1H3,(H,11,12)(H,8,9,10). The van der Waals surface area contributed by atoms with E-state index in [2.05, 4.69) is 15.0 Å². The molecule has 0 aliphatic carbocycles. The minimum absolute atomic E-state index is 0.0808. The topological polar surface area (TPSA) is 88.5 Å². The Hall–Kier alpha value is -1.47. The van der Waals surface area contributed by atoms with Crippen molar-refractivity contribution in [2.75, 3.05) is 19.0 Å². The molecule has 0 saturated heterocycles. The van der Waals surface area contributed by atoms with Crippen LogP contribution >= 0.6 is 11.3 Å². The number of rotatable bonds is 4. The molecular formula is C7H8N2O4S. The van der Waals surface area contributed by atoms with Gasteiger partial charge in [-0.3, -0.25) is 10.1 Å². The zero-order valence-electron chi connectivity index (χ0n) is 7.31. The molecule has 0 atom stereocenters. The van der Waals surface area contributed by atoms with Crippen LogP contribution in [0, 0.1) is 0 Å². The van der Waals surface area contributed by atoms with Crippen LogP contribution in [0.15, 0.2) is 5.38 Å². The molecule has 1 amide bonds. The average molecular weight is 216 g/mol. The Kier molecular flexibility index (Phi) is 3.55. The Balaban J connectivity index is 2.59. The number of carbonyl (C=O) groups excluding carboxylic acids is 1. The molecule has 0 radical (unpaired) electrons. The van der Waals surface area contributed by atoms with Crippen LogP contribution in [0.4, 0.5) is 5.13 Å². The Morgan fingerprint density at radius 2 is 2.43 bits per heavy atom. The second-order valence-corrected chi connectivity index (χ2v) is 3.18. The summed E-state index contributed by atoms with van der Waals surface area (Å²) < 4.78 is 4.58. The van der Waals surface area contributed by atoms with Gasteiger partial charge in [0, 0.05) is 12.5 Å². The molecule has 1 aromatic heterocycles. The quantitative estimate of drug-likeness (QED) is 0.761. The van der Waals surface area contributed by atoms with Gasteiger partial charge in [-0.2, -0.15) is 0 Å². The van der Waals surface area contributed by atoms with Crippen LogP contribution in [0.5, 0.6) is 0 Å². The molecule has 14 heavy (non-hydrogen) atoms. The molecule has 0 spiro atoms. The lowest BCUT2D eigenvalue weighted by molar-refractivity contribution is -0.119. The van der Waals surface area contributed by atoms with Crippen LogP contribution in [-0.2, 0) is 9.53 Å². The highest BCUT2D eigenvalue weighted by Crippen LogP contribution is 2.14. The second kappa shape index (κ2) is 4.68. The summed E-state index contributed by atoms with van der Waals surface area (Å²) in [7, 11) is 1.39. The SMILES string of the molecule is COCC(=O)Nc1nc(C(=O)O)cs1. The summed E-state index contributed by atoms with van der Waals surface area (Å²) >= 11 is 1.05. The maximum absolute atomic E-state index is 11.0. The van der Waals surface area contributed by atoms with Crippen molar-refractivity contribution >= 4 is 28.3 Å². The number of nitrogens with zero attached hydrogens (tertiary/aromatic N) is 1. The third kappa shape index (κ3) is 2.79. The lowest BCUT2D eigenvalue weighted by Crippen LogP contribution is -2.17. The van der Waals surface area contributed by atoms with Gasteiger partial charge in [0.2, 0.25) is 0 Å². The molecule has 6 nitrogen and oxygen atoms in total. The van der Waals surface area contributed by atoms with Crippen LogP contribution in [0.3, 0.4) is 0 Å². The number of hydrogen-bond acceptors (Lipinski definition) is 5. The lowest BCUT2D eigenvalue weighted by atomic mass is 10.5. The minimum Gasteiger partial charge on any atom is -0.476 e. The van der Waals surface area contributed by atoms with E-state index in [1.165, 1.54) is 12.5 Å². The van der Waals surface area contributed by atoms with E-state index in [-0.39, 0.29) is 23.3 Å². The number of aromatic nitrogens is 1. The Morgan fingerprint density at radius 1 is 1.71 bits per heavy atom. The van der Waals surface area contributed by atoms with Crippen LogP contribution in [0.2, 0.25) is 0 Å². The molecule has 0 saturated carbocycles. The summed E-state index contributed by atoms with van der Waals surface area (Å²) in [5.74, 6) is -1.48. The molecule has 1 rings (SSSR count). The predicted octanol–water partition coefficient (Wildman–Crippen LogP) is 0.426. The van der Waals surface area contributed by atoms with Gasteiger partial charge in [-0.15, -0.1) is 11.3 Å². The molecule has 0 aliphatic heterocycles. The maximum Gasteiger partial charge on any atom is 0.355 e. The van der Waals surface area contributed by atoms with Crippen molar-refractivity contribution in [1.82, 2.24) is 4.98 Å². The number of aromatic carboxylic acids is 1. The summed E-state index contributed by atoms with van der Waals surface area (Å²) in [5.41, 5.74) is -0.0808. The van der Waals surface area contributed by atoms with Crippen molar-refractivity contribution in [3.63, 3.8) is 0 Å². The molecular weight excluding hydrogens is 208 g/mol. The van der Waals surface area contributed by atoms with Gasteiger partial charge in [0.1, 0.15) is 6.61 Å². The van der Waals surface area contributed by atoms with E-state index in [1.807, 2.05) is 0 Å². The van der Waals surface area contributed by atoms with Crippen molar-refractivity contribution in [2.45, 2.75) is 0 Å². The number of nitrogens with one attached hydrogen (secondary N) is 1. The van der Waals surface area contributed by atoms with Crippen molar-refractivity contribution in [3.05, 3.63) is 11.1 Å². The zero-order chi connectivity index (χ0) is 10.6. The third-order valence-electron chi connectivity index (χ3n) is 1.25. The lowest BCUT2D eigenvalue weighted by Gasteiger charge is -1.98. The number of thiazole rings is 1. The fraction of sp³-hybridized carbons (Fsp3) is 0.286. The Morgan fingerprint density at radius 3 is 2.93 bits per heavy atom. The van der Waals surface area contributed by atoms with Crippen molar-refractivity contribution in [1.29, 1.82) is 0 Å². The van der Waals surface area contributed by atoms with Gasteiger partial charge >= 0.3 is 5.97 Å². The highest BCUT2D eigenvalue weighted by molar-refractivity contribution is 7.14. The smallest absolute Gasteiger partial charge is 0.355 e. The van der Waals surface area contributed by atoms with Crippen LogP contribution in [0.25, 0.3) is 0 Å². The molecule has 0 bridgehead atoms. The first-order chi connectivity index (χ1) is 6.63. The van der Waals surface area contributed by atoms with E-state index in [9.17, 15) is 9.59 Å². The molecule has 7 heteroatoms. The van der Waals surface area contributed by atoms with Crippen molar-refractivity contribution in [3.8, 4) is 0 Å². The van der Waals surface area contributed by atoms with E-state index in [0.717, 1.165) is 11.3 Å². The van der Waals surface area contributed by atoms with Crippen LogP contribution in [0.1, 0.15) is 10.5 Å². The van der Waals surface area contributed by atoms with E-state index in [4.69, 9.17) is 5.11 Å². The predicted molar refractivity (Wildman–Crippen MR) is 49.6 cm³/mol. The number of carboxylic acids is 1. The summed E-state index contributed by atoms with van der Waals surface area (Å²) in [6.45, 7) is -0.0814. The van der Waals surface area contributed by atoms with E-state index in [0.29, 0.717) is 0 Å². The number of ether oxygens (including phenoxy) is 1. The van der Waals surface area contributed by atoms with Gasteiger partial charge in [0.15, 0.2) is 10.8 Å². The number of carbonyl (C=O) groups is 2. The van der Waals surface area contributed by atoms with Gasteiger partial charge in [-0.1, -0.05) is 0 Å². The third-order valence-corrected chi connectivity index (χ3v) is 2.00. The molecule has 76 valence electrons. The van der Waals surface area contributed by atoms with E-state index < -0.39 is 5.97 Å². The molecule has 2 N–H and O–H groups in total. The Bertz CT molecular complexity index is 349.